The van der Waals surface area contributed by atoms with E-state index < -0.39 is 0 Å². The molecule has 8 heavy (non-hydrogen) atoms. The Hall–Kier alpha value is 0.535. The average Bonchev–Trinajstić information content (AvgIpc) is 1.65. The summed E-state index contributed by atoms with van der Waals surface area (Å²) in [4.78, 5) is 9.96. The Morgan fingerprint density at radius 1 is 1.62 bits per heavy atom. The summed E-state index contributed by atoms with van der Waals surface area (Å²) in [6.45, 7) is 1.76. The van der Waals surface area contributed by atoms with Crippen LogP contribution in [0.5, 0.6) is 0 Å². The van der Waals surface area contributed by atoms with Gasteiger partial charge in [-0.25, -0.2) is 0 Å². The minimum atomic E-state index is -0.157. The molecule has 0 aliphatic carbocycles. The van der Waals surface area contributed by atoms with Crippen LogP contribution in [0.2, 0.25) is 0 Å². The summed E-state index contributed by atoms with van der Waals surface area (Å²) in [5, 5.41) is 0. The molecule has 0 aliphatic heterocycles. The average molecular weight is 126 g/mol. The Morgan fingerprint density at radius 2 is 2.00 bits per heavy atom. The quantitative estimate of drug-likeness (QED) is 0.265. The maximum absolute atomic E-state index is 9.96. The minimum absolute atomic E-state index is 0. The number of hydrogen-bond acceptors (Lipinski definition) is 2. The molecule has 0 amide bonds. The van der Waals surface area contributed by atoms with Gasteiger partial charge in [-0.3, -0.25) is 4.79 Å². The van der Waals surface area contributed by atoms with E-state index in [2.05, 4.69) is 4.74 Å². The Labute approximate surface area is 73.8 Å². The van der Waals surface area contributed by atoms with Crippen molar-refractivity contribution in [3.63, 3.8) is 0 Å². The van der Waals surface area contributed by atoms with E-state index in [9.17, 15) is 4.79 Å². The molecule has 44 valence electrons. The molecule has 0 heterocycles. The molecular formula is C4H12BNaO2. The predicted molar refractivity (Wildman–Crippen MR) is 33.6 cm³/mol. The summed E-state index contributed by atoms with van der Waals surface area (Å²) in [5.41, 5.74) is 0. The SMILES string of the molecule is CCC(=O)OC.[BH4-].[Na+]. The third-order valence-corrected chi connectivity index (χ3v) is 0.516. The number of hydrogen-bond donors (Lipinski definition) is 0. The zero-order valence-corrected chi connectivity index (χ0v) is 7.02. The fourth-order valence-corrected chi connectivity index (χ4v) is 0.144. The molecule has 0 aliphatic rings. The molecule has 0 rings (SSSR count). The molecule has 0 aromatic rings. The van der Waals surface area contributed by atoms with E-state index in [1.807, 2.05) is 0 Å². The third-order valence-electron chi connectivity index (χ3n) is 0.516. The summed E-state index contributed by atoms with van der Waals surface area (Å²) in [7, 11) is 1.38. The van der Waals surface area contributed by atoms with Crippen molar-refractivity contribution in [2.24, 2.45) is 0 Å². The fraction of sp³-hybridized carbons (Fsp3) is 0.750. The van der Waals surface area contributed by atoms with Gasteiger partial charge in [0.05, 0.1) is 7.11 Å². The number of carbonyl (C=O) groups excluding carboxylic acids is 1. The number of ether oxygens (including phenoxy) is 1. The molecule has 0 aromatic carbocycles. The third kappa shape index (κ3) is 9.73. The van der Waals surface area contributed by atoms with Crippen molar-refractivity contribution in [3.8, 4) is 0 Å². The van der Waals surface area contributed by atoms with Gasteiger partial charge >= 0.3 is 35.5 Å². The van der Waals surface area contributed by atoms with E-state index >= 15 is 0 Å². The second-order valence-corrected chi connectivity index (χ2v) is 0.930. The van der Waals surface area contributed by atoms with Crippen molar-refractivity contribution in [1.29, 1.82) is 0 Å². The summed E-state index contributed by atoms with van der Waals surface area (Å²) in [5.74, 6) is -0.157. The molecule has 0 aromatic heterocycles. The topological polar surface area (TPSA) is 26.3 Å². The monoisotopic (exact) mass is 126 g/mol. The van der Waals surface area contributed by atoms with Gasteiger partial charge in [0, 0.05) is 6.42 Å². The standard InChI is InChI=1S/C4H8O2.BH4.Na/c1-3-4(5)6-2;;/h3H2,1-2H3;1H4;/q;-1;+1. The van der Waals surface area contributed by atoms with Gasteiger partial charge in [-0.05, 0) is 0 Å². The van der Waals surface area contributed by atoms with E-state index in [1.54, 1.807) is 6.92 Å². The van der Waals surface area contributed by atoms with E-state index in [-0.39, 0.29) is 43.9 Å². The summed E-state index contributed by atoms with van der Waals surface area (Å²) in [6.07, 6.45) is 0.469. The van der Waals surface area contributed by atoms with Crippen LogP contribution < -0.4 is 29.6 Å². The second kappa shape index (κ2) is 10.5. The molecule has 0 N–H and O–H groups in total. The predicted octanol–water partition coefficient (Wildman–Crippen LogP) is -3.88. The molecule has 0 atom stereocenters. The molecule has 0 unspecified atom stereocenters. The van der Waals surface area contributed by atoms with Crippen LogP contribution in [0.15, 0.2) is 0 Å². The molecule has 0 saturated heterocycles. The van der Waals surface area contributed by atoms with Gasteiger partial charge in [-0.15, -0.1) is 0 Å². The smallest absolute Gasteiger partial charge is 0.469 e. The molecule has 2 nitrogen and oxygen atoms in total. The molecule has 0 saturated carbocycles. The van der Waals surface area contributed by atoms with Gasteiger partial charge in [-0.2, -0.15) is 0 Å². The molecular weight excluding hydrogens is 114 g/mol. The van der Waals surface area contributed by atoms with Crippen LogP contribution in [0.1, 0.15) is 13.3 Å². The maximum Gasteiger partial charge on any atom is 1.00 e. The largest absolute Gasteiger partial charge is 1.00 e. The van der Waals surface area contributed by atoms with Crippen LogP contribution in [0.25, 0.3) is 0 Å². The van der Waals surface area contributed by atoms with E-state index in [4.69, 9.17) is 0 Å². The minimum Gasteiger partial charge on any atom is -0.469 e. The van der Waals surface area contributed by atoms with Crippen molar-refractivity contribution in [3.05, 3.63) is 0 Å². The number of carbonyl (C=O) groups is 1. The Bertz CT molecular complexity index is 52.0. The Balaban J connectivity index is -0.000000125. The number of rotatable bonds is 1. The van der Waals surface area contributed by atoms with Gasteiger partial charge in [0.1, 0.15) is 0 Å². The second-order valence-electron chi connectivity index (χ2n) is 0.930. The fourth-order valence-electron chi connectivity index (χ4n) is 0.144. The van der Waals surface area contributed by atoms with Crippen LogP contribution in [-0.4, -0.2) is 21.5 Å². The van der Waals surface area contributed by atoms with Crippen LogP contribution in [0, 0.1) is 0 Å². The molecule has 0 radical (unpaired) electrons. The van der Waals surface area contributed by atoms with Crippen LogP contribution in [0.3, 0.4) is 0 Å². The summed E-state index contributed by atoms with van der Waals surface area (Å²) in [6, 6.07) is 0. The zero-order chi connectivity index (χ0) is 4.99. The van der Waals surface area contributed by atoms with Crippen molar-refractivity contribution < 1.29 is 39.1 Å². The van der Waals surface area contributed by atoms with E-state index in [1.165, 1.54) is 7.11 Å². The van der Waals surface area contributed by atoms with Gasteiger partial charge in [-0.1, -0.05) is 15.3 Å². The summed E-state index contributed by atoms with van der Waals surface area (Å²) < 4.78 is 4.26. The molecule has 0 spiro atoms. The van der Waals surface area contributed by atoms with Gasteiger partial charge in [0.25, 0.3) is 0 Å². The maximum atomic E-state index is 9.96. The first-order chi connectivity index (χ1) is 2.81. The van der Waals surface area contributed by atoms with Crippen molar-refractivity contribution in [1.82, 2.24) is 0 Å². The van der Waals surface area contributed by atoms with Crippen LogP contribution in [-0.2, 0) is 9.53 Å². The first kappa shape index (κ1) is 15.8. The van der Waals surface area contributed by atoms with Gasteiger partial charge < -0.3 is 4.74 Å². The van der Waals surface area contributed by atoms with Gasteiger partial charge in [0.2, 0.25) is 0 Å². The Kier molecular flexibility index (Phi) is 20.8. The first-order valence-corrected chi connectivity index (χ1v) is 1.88. The van der Waals surface area contributed by atoms with E-state index in [0.29, 0.717) is 6.42 Å². The van der Waals surface area contributed by atoms with Crippen molar-refractivity contribution in [2.75, 3.05) is 7.11 Å². The first-order valence-electron chi connectivity index (χ1n) is 1.88. The Morgan fingerprint density at radius 3 is 2.00 bits per heavy atom. The van der Waals surface area contributed by atoms with Crippen molar-refractivity contribution >= 4 is 14.4 Å². The zero-order valence-electron chi connectivity index (χ0n) is 5.02. The summed E-state index contributed by atoms with van der Waals surface area (Å²) >= 11 is 0. The normalized spacial score (nSPS) is 5.75. The van der Waals surface area contributed by atoms with Crippen LogP contribution in [0.4, 0.5) is 0 Å². The molecule has 0 fully saturated rings. The number of esters is 1. The van der Waals surface area contributed by atoms with Gasteiger partial charge in [0.15, 0.2) is 0 Å². The van der Waals surface area contributed by atoms with Crippen molar-refractivity contribution in [2.45, 2.75) is 13.3 Å². The number of methoxy groups -OCH3 is 1. The molecule has 0 bridgehead atoms. The van der Waals surface area contributed by atoms with Crippen LogP contribution >= 0.6 is 0 Å². The molecule has 4 heteroatoms. The van der Waals surface area contributed by atoms with E-state index in [0.717, 1.165) is 0 Å².